The fraction of sp³-hybridized carbons (Fsp3) is 0.438. The van der Waals surface area contributed by atoms with Gasteiger partial charge in [0.25, 0.3) is 0 Å². The third-order valence-corrected chi connectivity index (χ3v) is 4.43. The van der Waals surface area contributed by atoms with Gasteiger partial charge in [0.1, 0.15) is 17.9 Å². The van der Waals surface area contributed by atoms with Crippen molar-refractivity contribution < 1.29 is 23.2 Å². The van der Waals surface area contributed by atoms with Crippen molar-refractivity contribution in [3.05, 3.63) is 29.3 Å². The van der Waals surface area contributed by atoms with Crippen LogP contribution in [0.5, 0.6) is 0 Å². The van der Waals surface area contributed by atoms with Crippen LogP contribution in [0.1, 0.15) is 30.7 Å². The van der Waals surface area contributed by atoms with E-state index in [1.807, 2.05) is 0 Å². The number of hydrogen-bond donors (Lipinski definition) is 1. The fourth-order valence-corrected chi connectivity index (χ4v) is 3.19. The Balaban J connectivity index is 1.88. The van der Waals surface area contributed by atoms with Crippen molar-refractivity contribution in [3.8, 4) is 0 Å². The zero-order chi connectivity index (χ0) is 16.6. The Kier molecular flexibility index (Phi) is 4.11. The van der Waals surface area contributed by atoms with E-state index in [-0.39, 0.29) is 24.3 Å². The lowest BCUT2D eigenvalue weighted by Gasteiger charge is -2.24. The predicted octanol–water partition coefficient (Wildman–Crippen LogP) is 1.51. The van der Waals surface area contributed by atoms with E-state index >= 15 is 0 Å². The number of anilines is 1. The molecule has 3 rings (SSSR count). The highest BCUT2D eigenvalue weighted by atomic mass is 19.1. The molecule has 1 N–H and O–H groups in total. The number of imide groups is 1. The second kappa shape index (κ2) is 6.06. The topological polar surface area (TPSA) is 66.5 Å². The van der Waals surface area contributed by atoms with Crippen LogP contribution >= 0.6 is 0 Å². The van der Waals surface area contributed by atoms with E-state index in [4.69, 9.17) is 0 Å². The lowest BCUT2D eigenvalue weighted by Crippen LogP contribution is -2.40. The van der Waals surface area contributed by atoms with E-state index in [1.165, 1.54) is 12.1 Å². The molecule has 2 heterocycles. The van der Waals surface area contributed by atoms with Gasteiger partial charge in [0.2, 0.25) is 11.8 Å². The van der Waals surface area contributed by atoms with Crippen molar-refractivity contribution >= 4 is 23.8 Å². The summed E-state index contributed by atoms with van der Waals surface area (Å²) in [6.07, 6.45) is 1.66. The summed E-state index contributed by atoms with van der Waals surface area (Å²) in [6.45, 7) is 0.986. The van der Waals surface area contributed by atoms with Crippen LogP contribution in [0.3, 0.4) is 0 Å². The van der Waals surface area contributed by atoms with Gasteiger partial charge in [0.15, 0.2) is 0 Å². The van der Waals surface area contributed by atoms with Crippen LogP contribution in [0.4, 0.5) is 14.5 Å². The lowest BCUT2D eigenvalue weighted by molar-refractivity contribution is -0.134. The third kappa shape index (κ3) is 2.95. The molecule has 2 aliphatic rings. The Hall–Kier alpha value is -2.31. The molecule has 0 aliphatic carbocycles. The van der Waals surface area contributed by atoms with Crippen molar-refractivity contribution in [2.75, 3.05) is 18.0 Å². The summed E-state index contributed by atoms with van der Waals surface area (Å²) in [5.41, 5.74) is 0.0604. The molecule has 1 aromatic rings. The highest BCUT2D eigenvalue weighted by Gasteiger charge is 2.33. The summed E-state index contributed by atoms with van der Waals surface area (Å²) in [7, 11) is 0. The maximum atomic E-state index is 14.4. The number of rotatable bonds is 3. The minimum absolute atomic E-state index is 0.0597. The Labute approximate surface area is 131 Å². The van der Waals surface area contributed by atoms with Gasteiger partial charge in [-0.1, -0.05) is 0 Å². The number of carbonyl (C=O) groups is 3. The number of halogens is 2. The number of amides is 2. The molecule has 2 atom stereocenters. The average molecular weight is 322 g/mol. The number of hydrogen-bond acceptors (Lipinski definition) is 4. The number of carbonyl (C=O) groups excluding carboxylic acids is 3. The molecule has 1 unspecified atom stereocenters. The number of piperidine rings is 1. The number of nitrogens with one attached hydrogen (secondary N) is 1. The molecule has 2 fully saturated rings. The van der Waals surface area contributed by atoms with Crippen molar-refractivity contribution in [3.63, 3.8) is 0 Å². The number of benzene rings is 1. The van der Waals surface area contributed by atoms with Gasteiger partial charge < -0.3 is 9.69 Å². The van der Waals surface area contributed by atoms with Crippen molar-refractivity contribution in [2.45, 2.75) is 25.2 Å². The number of nitrogens with zero attached hydrogens (tertiary/aromatic N) is 1. The minimum atomic E-state index is -0.997. The third-order valence-electron chi connectivity index (χ3n) is 4.43. The van der Waals surface area contributed by atoms with Gasteiger partial charge in [0, 0.05) is 36.7 Å². The van der Waals surface area contributed by atoms with Gasteiger partial charge in [-0.15, -0.1) is 0 Å². The molecule has 2 saturated heterocycles. The molecule has 2 amide bonds. The summed E-state index contributed by atoms with van der Waals surface area (Å²) in [4.78, 5) is 35.5. The van der Waals surface area contributed by atoms with Crippen LogP contribution in [0.25, 0.3) is 0 Å². The second-order valence-corrected chi connectivity index (χ2v) is 5.96. The van der Waals surface area contributed by atoms with E-state index in [0.717, 1.165) is 6.29 Å². The minimum Gasteiger partial charge on any atom is -0.371 e. The van der Waals surface area contributed by atoms with Crippen LogP contribution in [0, 0.1) is 17.6 Å². The summed E-state index contributed by atoms with van der Waals surface area (Å²) in [5.74, 6) is -3.83. The molecule has 1 aromatic carbocycles. The molecular formula is C16H16F2N2O3. The zero-order valence-electron chi connectivity index (χ0n) is 12.4. The van der Waals surface area contributed by atoms with Crippen LogP contribution in [-0.4, -0.2) is 31.2 Å². The first-order valence-corrected chi connectivity index (χ1v) is 7.52. The molecule has 0 aromatic heterocycles. The highest BCUT2D eigenvalue weighted by molar-refractivity contribution is 6.01. The van der Waals surface area contributed by atoms with Crippen LogP contribution in [-0.2, 0) is 14.4 Å². The van der Waals surface area contributed by atoms with Crippen LogP contribution in [0.2, 0.25) is 0 Å². The molecule has 122 valence electrons. The lowest BCUT2D eigenvalue weighted by atomic mass is 9.89. The first-order chi connectivity index (χ1) is 11.0. The molecule has 0 radical (unpaired) electrons. The normalized spacial score (nSPS) is 24.7. The monoisotopic (exact) mass is 322 g/mol. The second-order valence-electron chi connectivity index (χ2n) is 5.96. The fourth-order valence-electron chi connectivity index (χ4n) is 3.19. The predicted molar refractivity (Wildman–Crippen MR) is 77.9 cm³/mol. The van der Waals surface area contributed by atoms with E-state index in [9.17, 15) is 23.2 Å². The first kappa shape index (κ1) is 15.6. The maximum absolute atomic E-state index is 14.4. The first-order valence-electron chi connectivity index (χ1n) is 7.52. The smallest absolute Gasteiger partial charge is 0.234 e. The van der Waals surface area contributed by atoms with E-state index in [1.54, 1.807) is 4.90 Å². The Morgan fingerprint density at radius 1 is 1.17 bits per heavy atom. The largest absolute Gasteiger partial charge is 0.371 e. The molecule has 23 heavy (non-hydrogen) atoms. The molecule has 0 saturated carbocycles. The summed E-state index contributed by atoms with van der Waals surface area (Å²) in [5, 5.41) is 2.10. The van der Waals surface area contributed by atoms with Crippen LogP contribution in [0.15, 0.2) is 12.1 Å². The molecular weight excluding hydrogens is 306 g/mol. The molecule has 0 bridgehead atoms. The van der Waals surface area contributed by atoms with Crippen molar-refractivity contribution in [1.29, 1.82) is 0 Å². The van der Waals surface area contributed by atoms with Gasteiger partial charge in [-0.2, -0.15) is 0 Å². The SMILES string of the molecule is O=C[C@@H]1CCN(c2cc(F)c(C3CCC(=O)NC3=O)c(F)c2)C1. The van der Waals surface area contributed by atoms with Crippen molar-refractivity contribution in [1.82, 2.24) is 5.32 Å². The Morgan fingerprint density at radius 3 is 2.43 bits per heavy atom. The summed E-state index contributed by atoms with van der Waals surface area (Å²) >= 11 is 0. The Morgan fingerprint density at radius 2 is 1.87 bits per heavy atom. The van der Waals surface area contributed by atoms with Gasteiger partial charge >= 0.3 is 0 Å². The highest BCUT2D eigenvalue weighted by Crippen LogP contribution is 2.33. The van der Waals surface area contributed by atoms with Crippen LogP contribution < -0.4 is 10.2 Å². The van der Waals surface area contributed by atoms with E-state index in [0.29, 0.717) is 25.2 Å². The average Bonchev–Trinajstić information content (AvgIpc) is 2.97. The summed E-state index contributed by atoms with van der Waals surface area (Å²) in [6, 6.07) is 2.38. The van der Waals surface area contributed by atoms with Gasteiger partial charge in [-0.05, 0) is 25.0 Å². The molecule has 0 spiro atoms. The van der Waals surface area contributed by atoms with Gasteiger partial charge in [0.05, 0.1) is 5.92 Å². The van der Waals surface area contributed by atoms with Gasteiger partial charge in [-0.25, -0.2) is 8.78 Å². The number of aldehydes is 1. The standard InChI is InChI=1S/C16H16F2N2O3/c17-12-5-10(20-4-3-9(7-20)8-21)6-13(18)15(12)11-1-2-14(22)19-16(11)23/h5-6,8-9,11H,1-4,7H2,(H,19,22,23)/t9-,11?/m1/s1. The van der Waals surface area contributed by atoms with E-state index in [2.05, 4.69) is 5.32 Å². The quantitative estimate of drug-likeness (QED) is 0.677. The van der Waals surface area contributed by atoms with Gasteiger partial charge in [-0.3, -0.25) is 14.9 Å². The van der Waals surface area contributed by atoms with E-state index < -0.39 is 29.4 Å². The molecule has 7 heteroatoms. The van der Waals surface area contributed by atoms with Crippen molar-refractivity contribution in [2.24, 2.45) is 5.92 Å². The molecule has 5 nitrogen and oxygen atoms in total. The summed E-state index contributed by atoms with van der Waals surface area (Å²) < 4.78 is 28.8. The molecule has 2 aliphatic heterocycles. The maximum Gasteiger partial charge on any atom is 0.234 e. The zero-order valence-corrected chi connectivity index (χ0v) is 12.4. The Bertz CT molecular complexity index is 654.